The molecule has 30 heavy (non-hydrogen) atoms. The van der Waals surface area contributed by atoms with Crippen LogP contribution in [0.15, 0.2) is 35.2 Å². The Hall–Kier alpha value is -1.96. The summed E-state index contributed by atoms with van der Waals surface area (Å²) in [6.45, 7) is 7.06. The van der Waals surface area contributed by atoms with Crippen molar-refractivity contribution in [3.8, 4) is 17.2 Å². The zero-order valence-electron chi connectivity index (χ0n) is 18.4. The highest BCUT2D eigenvalue weighted by atomic mass is 35.5. The Bertz CT molecular complexity index is 968. The normalized spacial score (nSPS) is 11.7. The SMILES string of the molecule is COc1ccc(CCNCc2cc(C(C)(C)C)cc(S(C)(=O)=O)c2O)cc1OC.Cl. The fraction of sp³-hybridized carbons (Fsp3) is 0.455. The number of rotatable bonds is 8. The number of ether oxygens (including phenoxy) is 2. The lowest BCUT2D eigenvalue weighted by Crippen LogP contribution is -2.19. The number of benzene rings is 2. The smallest absolute Gasteiger partial charge is 0.179 e. The largest absolute Gasteiger partial charge is 0.506 e. The van der Waals surface area contributed by atoms with E-state index in [0.717, 1.165) is 23.8 Å². The van der Waals surface area contributed by atoms with Gasteiger partial charge in [-0.3, -0.25) is 0 Å². The lowest BCUT2D eigenvalue weighted by Gasteiger charge is -2.22. The Kier molecular flexibility index (Phi) is 9.02. The van der Waals surface area contributed by atoms with E-state index in [0.29, 0.717) is 30.2 Å². The summed E-state index contributed by atoms with van der Waals surface area (Å²) in [4.78, 5) is -0.0263. The van der Waals surface area contributed by atoms with Gasteiger partial charge in [-0.25, -0.2) is 8.42 Å². The van der Waals surface area contributed by atoms with Gasteiger partial charge in [-0.2, -0.15) is 0 Å². The van der Waals surface area contributed by atoms with Crippen LogP contribution in [-0.4, -0.2) is 40.5 Å². The number of hydrogen-bond acceptors (Lipinski definition) is 6. The number of phenols is 1. The molecule has 2 N–H and O–H groups in total. The molecule has 0 aliphatic carbocycles. The molecule has 6 nitrogen and oxygen atoms in total. The number of halogens is 1. The molecule has 0 saturated heterocycles. The second-order valence-corrected chi connectivity index (χ2v) is 10.1. The van der Waals surface area contributed by atoms with Crippen molar-refractivity contribution in [2.24, 2.45) is 0 Å². The molecule has 0 aliphatic rings. The Labute approximate surface area is 185 Å². The minimum atomic E-state index is -3.53. The highest BCUT2D eigenvalue weighted by Crippen LogP contribution is 2.34. The fourth-order valence-corrected chi connectivity index (χ4v) is 3.83. The van der Waals surface area contributed by atoms with Crippen LogP contribution in [0, 0.1) is 0 Å². The van der Waals surface area contributed by atoms with Gasteiger partial charge in [0, 0.05) is 18.4 Å². The van der Waals surface area contributed by atoms with Crippen LogP contribution in [0.1, 0.15) is 37.5 Å². The topological polar surface area (TPSA) is 84.9 Å². The lowest BCUT2D eigenvalue weighted by molar-refractivity contribution is 0.354. The molecular weight excluding hydrogens is 426 g/mol. The zero-order valence-corrected chi connectivity index (χ0v) is 20.0. The average molecular weight is 458 g/mol. The maximum absolute atomic E-state index is 12.1. The summed E-state index contributed by atoms with van der Waals surface area (Å²) < 4.78 is 34.8. The summed E-state index contributed by atoms with van der Waals surface area (Å²) in [6.07, 6.45) is 1.86. The molecule has 2 aromatic rings. The summed E-state index contributed by atoms with van der Waals surface area (Å²) in [5.74, 6) is 1.18. The van der Waals surface area contributed by atoms with Crippen molar-refractivity contribution in [2.45, 2.75) is 44.0 Å². The quantitative estimate of drug-likeness (QED) is 0.585. The van der Waals surface area contributed by atoms with Crippen LogP contribution in [0.25, 0.3) is 0 Å². The van der Waals surface area contributed by atoms with Crippen molar-refractivity contribution in [3.05, 3.63) is 47.0 Å². The van der Waals surface area contributed by atoms with E-state index in [1.165, 1.54) is 0 Å². The molecule has 0 aliphatic heterocycles. The van der Waals surface area contributed by atoms with Crippen molar-refractivity contribution < 1.29 is 23.0 Å². The Morgan fingerprint density at radius 2 is 1.67 bits per heavy atom. The van der Waals surface area contributed by atoms with Gasteiger partial charge in [0.1, 0.15) is 10.6 Å². The first kappa shape index (κ1) is 26.1. The van der Waals surface area contributed by atoms with E-state index in [2.05, 4.69) is 5.32 Å². The van der Waals surface area contributed by atoms with E-state index < -0.39 is 9.84 Å². The summed E-state index contributed by atoms with van der Waals surface area (Å²) >= 11 is 0. The first-order valence-electron chi connectivity index (χ1n) is 9.45. The lowest BCUT2D eigenvalue weighted by atomic mass is 9.86. The van der Waals surface area contributed by atoms with Gasteiger partial charge in [-0.15, -0.1) is 12.4 Å². The number of aromatic hydroxyl groups is 1. The van der Waals surface area contributed by atoms with Crippen LogP contribution in [0.3, 0.4) is 0 Å². The van der Waals surface area contributed by atoms with E-state index in [4.69, 9.17) is 9.47 Å². The molecule has 0 aromatic heterocycles. The second kappa shape index (κ2) is 10.4. The van der Waals surface area contributed by atoms with Crippen LogP contribution < -0.4 is 14.8 Å². The molecule has 0 atom stereocenters. The molecule has 8 heteroatoms. The first-order chi connectivity index (χ1) is 13.5. The van der Waals surface area contributed by atoms with Crippen molar-refractivity contribution in [2.75, 3.05) is 27.0 Å². The maximum atomic E-state index is 12.1. The number of sulfone groups is 1. The van der Waals surface area contributed by atoms with Crippen LogP contribution in [0.5, 0.6) is 17.2 Å². The maximum Gasteiger partial charge on any atom is 0.179 e. The molecule has 0 radical (unpaired) electrons. The van der Waals surface area contributed by atoms with E-state index in [1.54, 1.807) is 20.3 Å². The van der Waals surface area contributed by atoms with Gasteiger partial charge < -0.3 is 19.9 Å². The van der Waals surface area contributed by atoms with E-state index in [-0.39, 0.29) is 28.5 Å². The van der Waals surface area contributed by atoms with Gasteiger partial charge >= 0.3 is 0 Å². The molecule has 2 aromatic carbocycles. The Morgan fingerprint density at radius 1 is 1.03 bits per heavy atom. The third-order valence-electron chi connectivity index (χ3n) is 4.77. The third-order valence-corrected chi connectivity index (χ3v) is 5.88. The van der Waals surface area contributed by atoms with Gasteiger partial charge in [-0.1, -0.05) is 32.9 Å². The van der Waals surface area contributed by atoms with E-state index >= 15 is 0 Å². The minimum absolute atomic E-state index is 0. The zero-order chi connectivity index (χ0) is 21.8. The Morgan fingerprint density at radius 3 is 2.20 bits per heavy atom. The van der Waals surface area contributed by atoms with Crippen molar-refractivity contribution in [3.63, 3.8) is 0 Å². The summed E-state index contributed by atoms with van der Waals surface area (Å²) in [5.41, 5.74) is 2.29. The van der Waals surface area contributed by atoms with Crippen molar-refractivity contribution >= 4 is 22.2 Å². The molecule has 2 rings (SSSR count). The van der Waals surface area contributed by atoms with Gasteiger partial charge in [0.05, 0.1) is 14.2 Å². The van der Waals surface area contributed by atoms with E-state index in [9.17, 15) is 13.5 Å². The van der Waals surface area contributed by atoms with Crippen LogP contribution >= 0.6 is 12.4 Å². The molecule has 0 fully saturated rings. The fourth-order valence-electron chi connectivity index (χ4n) is 3.01. The molecule has 168 valence electrons. The van der Waals surface area contributed by atoms with Crippen LogP contribution in [0.4, 0.5) is 0 Å². The van der Waals surface area contributed by atoms with Crippen LogP contribution in [0.2, 0.25) is 0 Å². The molecule has 0 heterocycles. The monoisotopic (exact) mass is 457 g/mol. The summed E-state index contributed by atoms with van der Waals surface area (Å²) in [6, 6.07) is 9.21. The standard InChI is InChI=1S/C22H31NO5S.ClH/c1-22(2,3)17-12-16(21(24)20(13-17)29(6,25)26)14-23-10-9-15-7-8-18(27-4)19(11-15)28-5;/h7-8,11-13,23-24H,9-10,14H2,1-6H3;1H. The van der Waals surface area contributed by atoms with Crippen molar-refractivity contribution in [1.29, 1.82) is 0 Å². The highest BCUT2D eigenvalue weighted by Gasteiger charge is 2.23. The summed E-state index contributed by atoms with van der Waals surface area (Å²) in [5, 5.41) is 13.8. The Balaban J connectivity index is 0.00000450. The first-order valence-corrected chi connectivity index (χ1v) is 11.3. The average Bonchev–Trinajstić information content (AvgIpc) is 2.64. The highest BCUT2D eigenvalue weighted by molar-refractivity contribution is 7.90. The van der Waals surface area contributed by atoms with E-state index in [1.807, 2.05) is 45.0 Å². The summed E-state index contributed by atoms with van der Waals surface area (Å²) in [7, 11) is -0.330. The second-order valence-electron chi connectivity index (χ2n) is 8.12. The van der Waals surface area contributed by atoms with Gasteiger partial charge in [0.2, 0.25) is 0 Å². The van der Waals surface area contributed by atoms with Crippen molar-refractivity contribution in [1.82, 2.24) is 5.32 Å². The minimum Gasteiger partial charge on any atom is -0.506 e. The van der Waals surface area contributed by atoms with Gasteiger partial charge in [0.15, 0.2) is 21.3 Å². The predicted molar refractivity (Wildman–Crippen MR) is 122 cm³/mol. The number of methoxy groups -OCH3 is 2. The van der Waals surface area contributed by atoms with Gasteiger partial charge in [-0.05, 0) is 47.7 Å². The molecule has 0 spiro atoms. The number of hydrogen-bond donors (Lipinski definition) is 2. The molecule has 0 unspecified atom stereocenters. The molecule has 0 bridgehead atoms. The predicted octanol–water partition coefficient (Wildman–Crippen LogP) is 3.86. The van der Waals surface area contributed by atoms with Crippen LogP contribution in [-0.2, 0) is 28.2 Å². The molecule has 0 amide bonds. The third kappa shape index (κ3) is 6.52. The number of phenolic OH excluding ortho intramolecular Hbond substituents is 1. The molecule has 0 saturated carbocycles. The molecular formula is C22H32ClNO5S. The number of nitrogens with one attached hydrogen (secondary N) is 1. The van der Waals surface area contributed by atoms with Gasteiger partial charge in [0.25, 0.3) is 0 Å².